The molecule has 3 rings (SSSR count). The van der Waals surface area contributed by atoms with Gasteiger partial charge in [0.1, 0.15) is 0 Å². The molecule has 0 bridgehead atoms. The van der Waals surface area contributed by atoms with Crippen molar-refractivity contribution in [1.29, 1.82) is 0 Å². The maximum absolute atomic E-state index is 9.15. The minimum atomic E-state index is -0.312. The Bertz CT molecular complexity index is 715. The van der Waals surface area contributed by atoms with Gasteiger partial charge in [-0.3, -0.25) is 0 Å². The number of hydrogen-bond donors (Lipinski definition) is 2. The molecule has 18 heavy (non-hydrogen) atoms. The summed E-state index contributed by atoms with van der Waals surface area (Å²) in [5, 5.41) is 11.6. The molecule has 3 aromatic rings. The van der Waals surface area contributed by atoms with Gasteiger partial charge >= 0.3 is 0 Å². The van der Waals surface area contributed by atoms with Crippen molar-refractivity contribution in [3.8, 4) is 0 Å². The lowest BCUT2D eigenvalue weighted by molar-refractivity contribution is 0.268. The Morgan fingerprint density at radius 2 is 1.83 bits per heavy atom. The Morgan fingerprint density at radius 3 is 2.61 bits per heavy atom. The molecule has 0 aliphatic rings. The Hall–Kier alpha value is -1.84. The number of benzene rings is 2. The number of rotatable bonds is 2. The van der Waals surface area contributed by atoms with Gasteiger partial charge in [-0.1, -0.05) is 24.3 Å². The normalized spacial score (nSPS) is 13.3. The molecule has 0 unspecified atom stereocenters. The van der Waals surface area contributed by atoms with Gasteiger partial charge in [-0.2, -0.15) is 0 Å². The zero-order valence-electron chi connectivity index (χ0n) is 10.3. The van der Waals surface area contributed by atoms with E-state index in [1.807, 2.05) is 18.2 Å². The summed E-state index contributed by atoms with van der Waals surface area (Å²) in [5.41, 5.74) is 9.25. The summed E-state index contributed by atoms with van der Waals surface area (Å²) in [6.07, 6.45) is 0. The van der Waals surface area contributed by atoms with Gasteiger partial charge in [0.05, 0.1) is 12.6 Å². The van der Waals surface area contributed by atoms with E-state index in [0.29, 0.717) is 0 Å². The smallest absolute Gasteiger partial charge is 0.0624 e. The first-order chi connectivity index (χ1) is 8.72. The first-order valence-corrected chi connectivity index (χ1v) is 6.06. The number of fused-ring (bicyclic) bond motifs is 3. The van der Waals surface area contributed by atoms with Crippen molar-refractivity contribution in [2.75, 3.05) is 6.61 Å². The minimum Gasteiger partial charge on any atom is -0.394 e. The van der Waals surface area contributed by atoms with Crippen LogP contribution in [0.25, 0.3) is 21.8 Å². The van der Waals surface area contributed by atoms with Crippen molar-refractivity contribution in [2.45, 2.75) is 6.04 Å². The van der Waals surface area contributed by atoms with Crippen molar-refractivity contribution in [3.05, 3.63) is 48.0 Å². The molecule has 0 aliphatic carbocycles. The van der Waals surface area contributed by atoms with E-state index in [1.54, 1.807) is 0 Å². The van der Waals surface area contributed by atoms with Gasteiger partial charge in [-0.25, -0.2) is 0 Å². The lowest BCUT2D eigenvalue weighted by Crippen LogP contribution is -2.14. The Labute approximate surface area is 105 Å². The molecule has 0 saturated heterocycles. The third kappa shape index (κ3) is 1.52. The quantitative estimate of drug-likeness (QED) is 0.722. The average Bonchev–Trinajstić information content (AvgIpc) is 2.72. The van der Waals surface area contributed by atoms with Crippen molar-refractivity contribution < 1.29 is 5.11 Å². The summed E-state index contributed by atoms with van der Waals surface area (Å²) < 4.78 is 2.18. The fourth-order valence-corrected chi connectivity index (χ4v) is 2.52. The molecule has 0 saturated carbocycles. The van der Waals surface area contributed by atoms with Gasteiger partial charge < -0.3 is 15.4 Å². The molecule has 3 nitrogen and oxygen atoms in total. The molecule has 1 aromatic heterocycles. The maximum Gasteiger partial charge on any atom is 0.0624 e. The molecule has 0 amide bonds. The second kappa shape index (κ2) is 4.12. The molecule has 1 heterocycles. The van der Waals surface area contributed by atoms with Gasteiger partial charge in [-0.15, -0.1) is 0 Å². The number of hydrogen-bond acceptors (Lipinski definition) is 2. The van der Waals surface area contributed by atoms with Crippen LogP contribution in [-0.2, 0) is 7.05 Å². The summed E-state index contributed by atoms with van der Waals surface area (Å²) in [6.45, 7) is -0.0315. The zero-order valence-corrected chi connectivity index (χ0v) is 10.3. The second-order valence-electron chi connectivity index (χ2n) is 4.64. The van der Waals surface area contributed by atoms with Gasteiger partial charge in [0.15, 0.2) is 0 Å². The zero-order chi connectivity index (χ0) is 12.7. The summed E-state index contributed by atoms with van der Waals surface area (Å²) in [4.78, 5) is 0. The average molecular weight is 240 g/mol. The predicted octanol–water partition coefficient (Wildman–Crippen LogP) is 2.32. The highest BCUT2D eigenvalue weighted by atomic mass is 16.3. The van der Waals surface area contributed by atoms with Crippen LogP contribution in [0.4, 0.5) is 0 Å². The molecule has 0 radical (unpaired) electrons. The summed E-state index contributed by atoms with van der Waals surface area (Å²) in [5.74, 6) is 0. The van der Waals surface area contributed by atoms with Crippen molar-refractivity contribution in [3.63, 3.8) is 0 Å². The molecule has 1 atom stereocenters. The van der Waals surface area contributed by atoms with Crippen LogP contribution in [0.1, 0.15) is 11.6 Å². The van der Waals surface area contributed by atoms with Crippen LogP contribution in [0.3, 0.4) is 0 Å². The van der Waals surface area contributed by atoms with E-state index >= 15 is 0 Å². The molecule has 3 N–H and O–H groups in total. The van der Waals surface area contributed by atoms with E-state index in [2.05, 4.69) is 35.9 Å². The van der Waals surface area contributed by atoms with Gasteiger partial charge in [0.25, 0.3) is 0 Å². The highest BCUT2D eigenvalue weighted by Crippen LogP contribution is 2.29. The van der Waals surface area contributed by atoms with Gasteiger partial charge in [-0.05, 0) is 23.8 Å². The molecule has 0 fully saturated rings. The second-order valence-corrected chi connectivity index (χ2v) is 4.64. The van der Waals surface area contributed by atoms with Crippen LogP contribution in [0.15, 0.2) is 42.5 Å². The summed E-state index contributed by atoms with van der Waals surface area (Å²) >= 11 is 0. The summed E-state index contributed by atoms with van der Waals surface area (Å²) in [6, 6.07) is 14.1. The first-order valence-electron chi connectivity index (χ1n) is 6.06. The van der Waals surface area contributed by atoms with Crippen molar-refractivity contribution in [1.82, 2.24) is 4.57 Å². The van der Waals surface area contributed by atoms with Crippen LogP contribution >= 0.6 is 0 Å². The monoisotopic (exact) mass is 240 g/mol. The number of aliphatic hydroxyl groups is 1. The molecular formula is C15H16N2O. The van der Waals surface area contributed by atoms with E-state index in [4.69, 9.17) is 10.8 Å². The highest BCUT2D eigenvalue weighted by molar-refractivity contribution is 6.08. The predicted molar refractivity (Wildman–Crippen MR) is 74.4 cm³/mol. The summed E-state index contributed by atoms with van der Waals surface area (Å²) in [7, 11) is 2.07. The third-order valence-corrected chi connectivity index (χ3v) is 3.56. The van der Waals surface area contributed by atoms with E-state index in [-0.39, 0.29) is 12.6 Å². The van der Waals surface area contributed by atoms with Crippen LogP contribution in [0.5, 0.6) is 0 Å². The Kier molecular flexibility index (Phi) is 2.58. The SMILES string of the molecule is Cn1c2ccccc2c2cc([C@H](N)CO)ccc21. The van der Waals surface area contributed by atoms with Crippen LogP contribution < -0.4 is 5.73 Å². The highest BCUT2D eigenvalue weighted by Gasteiger charge is 2.10. The number of aryl methyl sites for hydroxylation is 1. The number of aliphatic hydroxyl groups excluding tert-OH is 1. The molecule has 3 heteroatoms. The molecular weight excluding hydrogens is 224 g/mol. The van der Waals surface area contributed by atoms with Gasteiger partial charge in [0, 0.05) is 28.9 Å². The topological polar surface area (TPSA) is 51.2 Å². The van der Waals surface area contributed by atoms with E-state index < -0.39 is 0 Å². The van der Waals surface area contributed by atoms with E-state index in [9.17, 15) is 0 Å². The largest absolute Gasteiger partial charge is 0.394 e. The fraction of sp³-hybridized carbons (Fsp3) is 0.200. The lowest BCUT2D eigenvalue weighted by Gasteiger charge is -2.08. The third-order valence-electron chi connectivity index (χ3n) is 3.56. The fourth-order valence-electron chi connectivity index (χ4n) is 2.52. The van der Waals surface area contributed by atoms with Crippen LogP contribution in [-0.4, -0.2) is 16.3 Å². The van der Waals surface area contributed by atoms with Crippen molar-refractivity contribution in [2.24, 2.45) is 12.8 Å². The Balaban J connectivity index is 2.36. The molecule has 92 valence electrons. The van der Waals surface area contributed by atoms with Crippen molar-refractivity contribution >= 4 is 21.8 Å². The number of aromatic nitrogens is 1. The number of nitrogens with two attached hydrogens (primary N) is 1. The van der Waals surface area contributed by atoms with E-state index in [0.717, 1.165) is 5.56 Å². The first kappa shape index (κ1) is 11.3. The Morgan fingerprint density at radius 1 is 1.11 bits per heavy atom. The standard InChI is InChI=1S/C15H16N2O/c1-17-14-5-3-2-4-11(14)12-8-10(13(16)9-18)6-7-15(12)17/h2-8,13,18H,9,16H2,1H3/t13-/m1/s1. The molecule has 0 spiro atoms. The number of para-hydroxylation sites is 1. The maximum atomic E-state index is 9.15. The number of nitrogens with zero attached hydrogens (tertiary/aromatic N) is 1. The van der Waals surface area contributed by atoms with Crippen LogP contribution in [0.2, 0.25) is 0 Å². The molecule has 0 aliphatic heterocycles. The minimum absolute atomic E-state index is 0.0315. The lowest BCUT2D eigenvalue weighted by atomic mass is 10.0. The molecule has 2 aromatic carbocycles. The van der Waals surface area contributed by atoms with E-state index in [1.165, 1.54) is 21.8 Å². The van der Waals surface area contributed by atoms with Gasteiger partial charge in [0.2, 0.25) is 0 Å². The van der Waals surface area contributed by atoms with Crippen LogP contribution in [0, 0.1) is 0 Å².